The van der Waals surface area contributed by atoms with Crippen LogP contribution in [-0.4, -0.2) is 19.4 Å². The summed E-state index contributed by atoms with van der Waals surface area (Å²) < 4.78 is 25.0. The SMILES string of the molecule is COc1cc2c(cc1OCc1ccccc1)CCN=C2/C=C/c1ccc(F)cc1C. The van der Waals surface area contributed by atoms with Crippen LogP contribution in [0.4, 0.5) is 4.39 Å². The Morgan fingerprint density at radius 2 is 1.83 bits per heavy atom. The van der Waals surface area contributed by atoms with Crippen LogP contribution >= 0.6 is 0 Å². The van der Waals surface area contributed by atoms with Gasteiger partial charge in [-0.25, -0.2) is 4.39 Å². The van der Waals surface area contributed by atoms with Crippen molar-refractivity contribution in [2.24, 2.45) is 4.99 Å². The molecular formula is C26H24FNO2. The van der Waals surface area contributed by atoms with Gasteiger partial charge in [0.05, 0.1) is 12.8 Å². The summed E-state index contributed by atoms with van der Waals surface area (Å²) in [5, 5.41) is 0. The lowest BCUT2D eigenvalue weighted by Crippen LogP contribution is -2.12. The third-order valence-electron chi connectivity index (χ3n) is 5.22. The molecule has 0 unspecified atom stereocenters. The molecule has 0 atom stereocenters. The lowest BCUT2D eigenvalue weighted by Gasteiger charge is -2.19. The molecule has 1 aliphatic heterocycles. The number of ether oxygens (including phenoxy) is 2. The van der Waals surface area contributed by atoms with Gasteiger partial charge in [-0.3, -0.25) is 4.99 Å². The highest BCUT2D eigenvalue weighted by Crippen LogP contribution is 2.33. The van der Waals surface area contributed by atoms with Gasteiger partial charge >= 0.3 is 0 Å². The molecule has 4 rings (SSSR count). The average Bonchev–Trinajstić information content (AvgIpc) is 2.77. The smallest absolute Gasteiger partial charge is 0.161 e. The second-order valence-corrected chi connectivity index (χ2v) is 7.29. The molecule has 0 saturated heterocycles. The second-order valence-electron chi connectivity index (χ2n) is 7.29. The van der Waals surface area contributed by atoms with Gasteiger partial charge in [0.1, 0.15) is 12.4 Å². The summed E-state index contributed by atoms with van der Waals surface area (Å²) in [5.41, 5.74) is 6.10. The Morgan fingerprint density at radius 3 is 2.60 bits per heavy atom. The summed E-state index contributed by atoms with van der Waals surface area (Å²) in [4.78, 5) is 4.69. The molecule has 30 heavy (non-hydrogen) atoms. The fourth-order valence-corrected chi connectivity index (χ4v) is 3.57. The van der Waals surface area contributed by atoms with Crippen LogP contribution in [0, 0.1) is 12.7 Å². The van der Waals surface area contributed by atoms with Gasteiger partial charge in [-0.15, -0.1) is 0 Å². The zero-order chi connectivity index (χ0) is 20.9. The van der Waals surface area contributed by atoms with Gasteiger partial charge in [0, 0.05) is 12.1 Å². The van der Waals surface area contributed by atoms with E-state index < -0.39 is 0 Å². The minimum absolute atomic E-state index is 0.224. The van der Waals surface area contributed by atoms with Crippen LogP contribution in [0.25, 0.3) is 6.08 Å². The zero-order valence-electron chi connectivity index (χ0n) is 17.2. The van der Waals surface area contributed by atoms with E-state index >= 15 is 0 Å². The van der Waals surface area contributed by atoms with Crippen molar-refractivity contribution >= 4 is 11.8 Å². The first-order chi connectivity index (χ1) is 14.6. The van der Waals surface area contributed by atoms with E-state index in [1.165, 1.54) is 17.7 Å². The Bertz CT molecular complexity index is 1100. The molecule has 0 aromatic heterocycles. The van der Waals surface area contributed by atoms with E-state index in [0.717, 1.165) is 46.7 Å². The van der Waals surface area contributed by atoms with Crippen LogP contribution in [0.1, 0.15) is 27.8 Å². The normalized spacial score (nSPS) is 13.1. The maximum Gasteiger partial charge on any atom is 0.161 e. The summed E-state index contributed by atoms with van der Waals surface area (Å²) in [6.45, 7) is 3.11. The largest absolute Gasteiger partial charge is 0.493 e. The molecule has 0 bridgehead atoms. The summed E-state index contributed by atoms with van der Waals surface area (Å²) in [6.07, 6.45) is 4.82. The third-order valence-corrected chi connectivity index (χ3v) is 5.22. The first-order valence-corrected chi connectivity index (χ1v) is 10.0. The maximum atomic E-state index is 13.4. The number of halogens is 1. The van der Waals surface area contributed by atoms with Gasteiger partial charge in [0.25, 0.3) is 0 Å². The van der Waals surface area contributed by atoms with Crippen molar-refractivity contribution < 1.29 is 13.9 Å². The van der Waals surface area contributed by atoms with Gasteiger partial charge in [-0.2, -0.15) is 0 Å². The quantitative estimate of drug-likeness (QED) is 0.524. The van der Waals surface area contributed by atoms with E-state index in [0.29, 0.717) is 12.4 Å². The number of allylic oxidation sites excluding steroid dienone is 1. The number of nitrogens with zero attached hydrogens (tertiary/aromatic N) is 1. The number of aliphatic imine (C=N–C) groups is 1. The maximum absolute atomic E-state index is 13.4. The number of fused-ring (bicyclic) bond motifs is 1. The van der Waals surface area contributed by atoms with E-state index in [-0.39, 0.29) is 5.82 Å². The molecule has 1 heterocycles. The zero-order valence-corrected chi connectivity index (χ0v) is 17.2. The predicted octanol–water partition coefficient (Wildman–Crippen LogP) is 5.78. The Balaban J connectivity index is 1.59. The van der Waals surface area contributed by atoms with E-state index in [1.54, 1.807) is 13.2 Å². The first-order valence-electron chi connectivity index (χ1n) is 10.0. The molecule has 0 radical (unpaired) electrons. The standard InChI is InChI=1S/C26H24FNO2/c1-18-14-22(27)10-8-20(18)9-11-24-23-16-25(29-2)26(15-21(23)12-13-28-24)30-17-19-6-4-3-5-7-19/h3-11,14-16H,12-13,17H2,1-2H3/b11-9+. The van der Waals surface area contributed by atoms with Gasteiger partial charge in [-0.05, 0) is 65.9 Å². The summed E-state index contributed by atoms with van der Waals surface area (Å²) >= 11 is 0. The Labute approximate surface area is 176 Å². The Hall–Kier alpha value is -3.40. The average molecular weight is 401 g/mol. The van der Waals surface area contributed by atoms with Gasteiger partial charge in [-0.1, -0.05) is 42.5 Å². The van der Waals surface area contributed by atoms with Gasteiger partial charge in [0.2, 0.25) is 0 Å². The summed E-state index contributed by atoms with van der Waals surface area (Å²) in [6, 6.07) is 18.9. The first kappa shape index (κ1) is 19.9. The number of benzene rings is 3. The lowest BCUT2D eigenvalue weighted by molar-refractivity contribution is 0.284. The molecule has 4 heteroatoms. The van der Waals surface area contributed by atoms with Crippen LogP contribution in [0.3, 0.4) is 0 Å². The van der Waals surface area contributed by atoms with Crippen molar-refractivity contribution in [2.75, 3.05) is 13.7 Å². The number of aryl methyl sites for hydroxylation is 1. The van der Waals surface area contributed by atoms with Crippen LogP contribution < -0.4 is 9.47 Å². The summed E-state index contributed by atoms with van der Waals surface area (Å²) in [5.74, 6) is 1.20. The highest BCUT2D eigenvalue weighted by molar-refractivity contribution is 6.12. The van der Waals surface area contributed by atoms with Crippen molar-refractivity contribution in [3.63, 3.8) is 0 Å². The number of hydrogen-bond donors (Lipinski definition) is 0. The second kappa shape index (κ2) is 8.95. The molecule has 0 saturated carbocycles. The van der Waals surface area contributed by atoms with Crippen molar-refractivity contribution in [1.82, 2.24) is 0 Å². The number of hydrogen-bond acceptors (Lipinski definition) is 3. The molecule has 0 fully saturated rings. The molecule has 0 spiro atoms. The van der Waals surface area contributed by atoms with E-state index in [1.807, 2.05) is 55.5 Å². The highest BCUT2D eigenvalue weighted by atomic mass is 19.1. The molecule has 152 valence electrons. The van der Waals surface area contributed by atoms with Crippen molar-refractivity contribution in [1.29, 1.82) is 0 Å². The minimum Gasteiger partial charge on any atom is -0.493 e. The monoisotopic (exact) mass is 401 g/mol. The molecule has 1 aliphatic rings. The van der Waals surface area contributed by atoms with E-state index in [2.05, 4.69) is 6.07 Å². The minimum atomic E-state index is -0.224. The fraction of sp³-hybridized carbons (Fsp3) is 0.192. The van der Waals surface area contributed by atoms with Crippen LogP contribution in [0.15, 0.2) is 71.7 Å². The molecule has 0 amide bonds. The van der Waals surface area contributed by atoms with Crippen LogP contribution in [-0.2, 0) is 13.0 Å². The van der Waals surface area contributed by atoms with Crippen molar-refractivity contribution in [2.45, 2.75) is 20.0 Å². The molecule has 3 nitrogen and oxygen atoms in total. The Morgan fingerprint density at radius 1 is 1.00 bits per heavy atom. The number of methoxy groups -OCH3 is 1. The van der Waals surface area contributed by atoms with Crippen LogP contribution in [0.2, 0.25) is 0 Å². The lowest BCUT2D eigenvalue weighted by atomic mass is 9.95. The summed E-state index contributed by atoms with van der Waals surface area (Å²) in [7, 11) is 1.65. The van der Waals surface area contributed by atoms with Gasteiger partial charge in [0.15, 0.2) is 11.5 Å². The molecular weight excluding hydrogens is 377 g/mol. The van der Waals surface area contributed by atoms with E-state index in [4.69, 9.17) is 14.5 Å². The fourth-order valence-electron chi connectivity index (χ4n) is 3.57. The predicted molar refractivity (Wildman–Crippen MR) is 119 cm³/mol. The van der Waals surface area contributed by atoms with Crippen LogP contribution in [0.5, 0.6) is 11.5 Å². The molecule has 0 aliphatic carbocycles. The van der Waals surface area contributed by atoms with Gasteiger partial charge < -0.3 is 9.47 Å². The molecule has 0 N–H and O–H groups in total. The van der Waals surface area contributed by atoms with Crippen molar-refractivity contribution in [3.8, 4) is 11.5 Å². The Kier molecular flexibility index (Phi) is 5.94. The highest BCUT2D eigenvalue weighted by Gasteiger charge is 2.17. The molecule has 3 aromatic carbocycles. The van der Waals surface area contributed by atoms with E-state index in [9.17, 15) is 4.39 Å². The number of rotatable bonds is 6. The topological polar surface area (TPSA) is 30.8 Å². The van der Waals surface area contributed by atoms with Crippen molar-refractivity contribution in [3.05, 3.63) is 100 Å². The molecule has 3 aromatic rings. The third kappa shape index (κ3) is 4.43.